The van der Waals surface area contributed by atoms with Gasteiger partial charge in [-0.15, -0.1) is 0 Å². The second kappa shape index (κ2) is 9.09. The van der Waals surface area contributed by atoms with Crippen LogP contribution in [-0.2, 0) is 0 Å². The number of para-hydroxylation sites is 1. The zero-order valence-corrected chi connectivity index (χ0v) is 17.1. The van der Waals surface area contributed by atoms with E-state index in [9.17, 15) is 4.79 Å². The molecule has 4 aromatic rings. The molecule has 0 aliphatic carbocycles. The molecule has 0 saturated heterocycles. The lowest BCUT2D eigenvalue weighted by Crippen LogP contribution is -2.20. The molecule has 0 N–H and O–H groups in total. The van der Waals surface area contributed by atoms with Gasteiger partial charge in [0.2, 0.25) is 0 Å². The molecule has 0 amide bonds. The summed E-state index contributed by atoms with van der Waals surface area (Å²) in [6, 6.07) is 22.2. The molecule has 0 aliphatic rings. The Bertz CT molecular complexity index is 1310. The Morgan fingerprint density at radius 1 is 1.03 bits per heavy atom. The summed E-state index contributed by atoms with van der Waals surface area (Å²) in [4.78, 5) is 17.9. The molecule has 0 unspecified atom stereocenters. The standard InChI is InChI=1S/C25H21N3O3/c1-3-15-31-22-14-13-18(16-23(22)30-2)17-26-28-24(19-9-5-4-6-10-19)27-21-12-8-7-11-20(21)25(28)29/h3-14,16-17H,1,15H2,2H3. The van der Waals surface area contributed by atoms with Crippen molar-refractivity contribution in [2.45, 2.75) is 0 Å². The SMILES string of the molecule is C=CCOc1ccc(C=Nn2c(-c3ccccc3)nc3ccccc3c2=O)cc1OC. The van der Waals surface area contributed by atoms with E-state index in [0.717, 1.165) is 11.1 Å². The molecule has 0 saturated carbocycles. The molecule has 6 nitrogen and oxygen atoms in total. The highest BCUT2D eigenvalue weighted by molar-refractivity contribution is 5.82. The summed E-state index contributed by atoms with van der Waals surface area (Å²) in [5, 5.41) is 4.98. The predicted molar refractivity (Wildman–Crippen MR) is 123 cm³/mol. The summed E-state index contributed by atoms with van der Waals surface area (Å²) < 4.78 is 12.3. The third-order valence-corrected chi connectivity index (χ3v) is 4.65. The Morgan fingerprint density at radius 2 is 1.81 bits per heavy atom. The van der Waals surface area contributed by atoms with E-state index in [1.54, 1.807) is 37.6 Å². The first-order chi connectivity index (χ1) is 15.2. The largest absolute Gasteiger partial charge is 0.493 e. The summed E-state index contributed by atoms with van der Waals surface area (Å²) in [5.74, 6) is 1.64. The van der Waals surface area contributed by atoms with Crippen molar-refractivity contribution in [3.8, 4) is 22.9 Å². The fourth-order valence-electron chi connectivity index (χ4n) is 3.16. The van der Waals surface area contributed by atoms with Crippen LogP contribution in [0.2, 0.25) is 0 Å². The van der Waals surface area contributed by atoms with Gasteiger partial charge in [-0.2, -0.15) is 9.78 Å². The predicted octanol–water partition coefficient (Wildman–Crippen LogP) is 4.52. The van der Waals surface area contributed by atoms with E-state index in [1.165, 1.54) is 4.68 Å². The highest BCUT2D eigenvalue weighted by Crippen LogP contribution is 2.27. The van der Waals surface area contributed by atoms with Crippen molar-refractivity contribution in [3.05, 3.63) is 101 Å². The van der Waals surface area contributed by atoms with Crippen molar-refractivity contribution >= 4 is 17.1 Å². The molecule has 0 bridgehead atoms. The minimum Gasteiger partial charge on any atom is -0.493 e. The van der Waals surface area contributed by atoms with Gasteiger partial charge in [-0.1, -0.05) is 55.1 Å². The Balaban J connectivity index is 1.81. The lowest BCUT2D eigenvalue weighted by molar-refractivity contribution is 0.326. The lowest BCUT2D eigenvalue weighted by Gasteiger charge is -2.11. The van der Waals surface area contributed by atoms with E-state index in [0.29, 0.717) is 34.8 Å². The minimum atomic E-state index is -0.237. The molecular formula is C25H21N3O3. The molecule has 0 spiro atoms. The van der Waals surface area contributed by atoms with Gasteiger partial charge in [0.25, 0.3) is 5.56 Å². The molecule has 0 fully saturated rings. The van der Waals surface area contributed by atoms with E-state index in [1.807, 2.05) is 54.6 Å². The molecule has 31 heavy (non-hydrogen) atoms. The van der Waals surface area contributed by atoms with Crippen LogP contribution in [0, 0.1) is 0 Å². The highest BCUT2D eigenvalue weighted by atomic mass is 16.5. The van der Waals surface area contributed by atoms with Crippen LogP contribution in [-0.4, -0.2) is 29.6 Å². The maximum absolute atomic E-state index is 13.2. The van der Waals surface area contributed by atoms with E-state index in [2.05, 4.69) is 11.7 Å². The van der Waals surface area contributed by atoms with Crippen LogP contribution < -0.4 is 15.0 Å². The molecule has 0 atom stereocenters. The maximum atomic E-state index is 13.2. The van der Waals surface area contributed by atoms with Crippen molar-refractivity contribution < 1.29 is 9.47 Å². The third kappa shape index (κ3) is 4.23. The first-order valence-corrected chi connectivity index (χ1v) is 9.74. The third-order valence-electron chi connectivity index (χ3n) is 4.65. The van der Waals surface area contributed by atoms with Gasteiger partial charge >= 0.3 is 0 Å². The van der Waals surface area contributed by atoms with Crippen molar-refractivity contribution in [1.29, 1.82) is 0 Å². The van der Waals surface area contributed by atoms with Crippen LogP contribution in [0.5, 0.6) is 11.5 Å². The monoisotopic (exact) mass is 411 g/mol. The van der Waals surface area contributed by atoms with E-state index < -0.39 is 0 Å². The summed E-state index contributed by atoms with van der Waals surface area (Å²) in [6.07, 6.45) is 3.27. The number of ether oxygens (including phenoxy) is 2. The van der Waals surface area contributed by atoms with Crippen molar-refractivity contribution in [2.24, 2.45) is 5.10 Å². The zero-order valence-electron chi connectivity index (χ0n) is 17.1. The molecule has 154 valence electrons. The number of rotatable bonds is 7. The highest BCUT2D eigenvalue weighted by Gasteiger charge is 2.12. The second-order valence-corrected chi connectivity index (χ2v) is 6.69. The Morgan fingerprint density at radius 3 is 2.58 bits per heavy atom. The quantitative estimate of drug-likeness (QED) is 0.331. The second-order valence-electron chi connectivity index (χ2n) is 6.69. The molecule has 0 aliphatic heterocycles. The average Bonchev–Trinajstić information content (AvgIpc) is 2.82. The van der Waals surface area contributed by atoms with Crippen LogP contribution in [0.1, 0.15) is 5.56 Å². The number of nitrogens with zero attached hydrogens (tertiary/aromatic N) is 3. The molecular weight excluding hydrogens is 390 g/mol. The number of fused-ring (bicyclic) bond motifs is 1. The first-order valence-electron chi connectivity index (χ1n) is 9.74. The van der Waals surface area contributed by atoms with Gasteiger partial charge in [-0.25, -0.2) is 4.98 Å². The van der Waals surface area contributed by atoms with Gasteiger partial charge in [0, 0.05) is 5.56 Å². The summed E-state index contributed by atoms with van der Waals surface area (Å²) in [7, 11) is 1.57. The van der Waals surface area contributed by atoms with Crippen LogP contribution in [0.3, 0.4) is 0 Å². The van der Waals surface area contributed by atoms with Gasteiger partial charge < -0.3 is 9.47 Å². The van der Waals surface area contributed by atoms with Gasteiger partial charge in [0.05, 0.1) is 24.2 Å². The van der Waals surface area contributed by atoms with E-state index in [-0.39, 0.29) is 5.56 Å². The number of aromatic nitrogens is 2. The average molecular weight is 411 g/mol. The van der Waals surface area contributed by atoms with Crippen LogP contribution >= 0.6 is 0 Å². The topological polar surface area (TPSA) is 65.7 Å². The smallest absolute Gasteiger partial charge is 0.282 e. The zero-order chi connectivity index (χ0) is 21.6. The fraction of sp³-hybridized carbons (Fsp3) is 0.0800. The van der Waals surface area contributed by atoms with Crippen molar-refractivity contribution in [2.75, 3.05) is 13.7 Å². The summed E-state index contributed by atoms with van der Waals surface area (Å²) in [6.45, 7) is 4.03. The fourth-order valence-corrected chi connectivity index (χ4v) is 3.16. The molecule has 4 rings (SSSR count). The molecule has 0 radical (unpaired) electrons. The van der Waals surface area contributed by atoms with Gasteiger partial charge in [0.1, 0.15) is 6.61 Å². The molecule has 1 heterocycles. The Hall–Kier alpha value is -4.19. The van der Waals surface area contributed by atoms with Crippen LogP contribution in [0.25, 0.3) is 22.3 Å². The minimum absolute atomic E-state index is 0.237. The first kappa shape index (κ1) is 20.1. The lowest BCUT2D eigenvalue weighted by atomic mass is 10.2. The van der Waals surface area contributed by atoms with Crippen LogP contribution in [0.15, 0.2) is 95.3 Å². The van der Waals surface area contributed by atoms with Gasteiger partial charge in [-0.05, 0) is 35.9 Å². The molecule has 1 aromatic heterocycles. The Labute approximate surface area is 179 Å². The van der Waals surface area contributed by atoms with Crippen LogP contribution in [0.4, 0.5) is 0 Å². The van der Waals surface area contributed by atoms with Gasteiger partial charge in [0.15, 0.2) is 17.3 Å². The number of benzene rings is 3. The normalized spacial score (nSPS) is 11.0. The van der Waals surface area contributed by atoms with E-state index >= 15 is 0 Å². The van der Waals surface area contributed by atoms with Gasteiger partial charge in [-0.3, -0.25) is 4.79 Å². The summed E-state index contributed by atoms with van der Waals surface area (Å²) >= 11 is 0. The van der Waals surface area contributed by atoms with Crippen molar-refractivity contribution in [3.63, 3.8) is 0 Å². The molecule has 6 heteroatoms. The Kier molecular flexibility index (Phi) is 5.89. The number of hydrogen-bond donors (Lipinski definition) is 0. The number of methoxy groups -OCH3 is 1. The summed E-state index contributed by atoms with van der Waals surface area (Å²) in [5.41, 5.74) is 1.94. The number of hydrogen-bond acceptors (Lipinski definition) is 5. The molecule has 3 aromatic carbocycles. The van der Waals surface area contributed by atoms with Crippen molar-refractivity contribution in [1.82, 2.24) is 9.66 Å². The van der Waals surface area contributed by atoms with E-state index in [4.69, 9.17) is 14.5 Å². The maximum Gasteiger partial charge on any atom is 0.282 e.